The molecule has 7 heteroatoms. The summed E-state index contributed by atoms with van der Waals surface area (Å²) in [6, 6.07) is 9.65. The Kier molecular flexibility index (Phi) is 3.81. The second-order valence-electron chi connectivity index (χ2n) is 5.68. The van der Waals surface area contributed by atoms with Gasteiger partial charge in [-0.3, -0.25) is 4.84 Å². The molecule has 25 heavy (non-hydrogen) atoms. The van der Waals surface area contributed by atoms with E-state index >= 15 is 0 Å². The maximum absolute atomic E-state index is 5.49. The third kappa shape index (κ3) is 2.91. The third-order valence-corrected chi connectivity index (χ3v) is 3.94. The second kappa shape index (κ2) is 6.27. The Bertz CT molecular complexity index is 1010. The minimum absolute atomic E-state index is 0.625. The molecule has 0 aliphatic carbocycles. The standard InChI is InChI=1S/C18H18N5O2/c1-13-10-20-23-17(19-11-14-5-3-7-22(12-14)24-2)9-15(21-18(13)23)16-6-4-8-25-16/h3-10,12,19H,11H2,1-2H3/q+1. The molecule has 4 aromatic rings. The van der Waals surface area contributed by atoms with E-state index in [9.17, 15) is 0 Å². The first-order valence-electron chi connectivity index (χ1n) is 7.92. The molecule has 126 valence electrons. The minimum Gasteiger partial charge on any atom is -0.463 e. The summed E-state index contributed by atoms with van der Waals surface area (Å²) >= 11 is 0. The molecule has 0 saturated carbocycles. The zero-order valence-electron chi connectivity index (χ0n) is 14.0. The highest BCUT2D eigenvalue weighted by Gasteiger charge is 2.12. The van der Waals surface area contributed by atoms with Crippen molar-refractivity contribution in [3.63, 3.8) is 0 Å². The molecule has 4 aromatic heterocycles. The first kappa shape index (κ1) is 15.2. The molecule has 7 nitrogen and oxygen atoms in total. The number of hydrogen-bond acceptors (Lipinski definition) is 5. The van der Waals surface area contributed by atoms with E-state index in [2.05, 4.69) is 15.4 Å². The number of rotatable bonds is 5. The molecule has 0 aliphatic heterocycles. The summed E-state index contributed by atoms with van der Waals surface area (Å²) < 4.78 is 8.95. The van der Waals surface area contributed by atoms with E-state index in [1.165, 1.54) is 0 Å². The molecule has 0 amide bonds. The number of aromatic nitrogens is 4. The smallest absolute Gasteiger partial charge is 0.227 e. The number of nitrogens with one attached hydrogen (secondary N) is 1. The van der Waals surface area contributed by atoms with Gasteiger partial charge in [0, 0.05) is 34.5 Å². The third-order valence-electron chi connectivity index (χ3n) is 3.94. The second-order valence-corrected chi connectivity index (χ2v) is 5.68. The van der Waals surface area contributed by atoms with Crippen LogP contribution in [0.3, 0.4) is 0 Å². The number of aryl methyl sites for hydroxylation is 1. The van der Waals surface area contributed by atoms with Gasteiger partial charge in [0.05, 0.1) is 12.5 Å². The van der Waals surface area contributed by atoms with Crippen LogP contribution in [-0.4, -0.2) is 21.7 Å². The van der Waals surface area contributed by atoms with Crippen molar-refractivity contribution < 1.29 is 14.0 Å². The monoisotopic (exact) mass is 336 g/mol. The van der Waals surface area contributed by atoms with Gasteiger partial charge in [-0.2, -0.15) is 9.61 Å². The van der Waals surface area contributed by atoms with E-state index in [0.717, 1.165) is 34.0 Å². The fraction of sp³-hybridized carbons (Fsp3) is 0.167. The van der Waals surface area contributed by atoms with Gasteiger partial charge >= 0.3 is 0 Å². The van der Waals surface area contributed by atoms with Crippen molar-refractivity contribution in [1.82, 2.24) is 14.6 Å². The molecule has 0 atom stereocenters. The topological polar surface area (TPSA) is 68.5 Å². The summed E-state index contributed by atoms with van der Waals surface area (Å²) in [6.45, 7) is 2.61. The Hall–Kier alpha value is -3.35. The lowest BCUT2D eigenvalue weighted by Crippen LogP contribution is -2.40. The zero-order chi connectivity index (χ0) is 17.2. The Labute approximate surface area is 144 Å². The van der Waals surface area contributed by atoms with Gasteiger partial charge in [-0.15, -0.1) is 0 Å². The van der Waals surface area contributed by atoms with Crippen molar-refractivity contribution in [2.75, 3.05) is 12.4 Å². The number of anilines is 1. The molecule has 0 fully saturated rings. The van der Waals surface area contributed by atoms with Gasteiger partial charge < -0.3 is 9.73 Å². The van der Waals surface area contributed by atoms with Crippen molar-refractivity contribution in [2.45, 2.75) is 13.5 Å². The van der Waals surface area contributed by atoms with E-state index in [1.54, 1.807) is 28.8 Å². The fourth-order valence-corrected chi connectivity index (χ4v) is 2.66. The highest BCUT2D eigenvalue weighted by molar-refractivity contribution is 5.64. The lowest BCUT2D eigenvalue weighted by Gasteiger charge is -2.09. The number of hydrogen-bond donors (Lipinski definition) is 1. The van der Waals surface area contributed by atoms with Crippen LogP contribution in [0.15, 0.2) is 59.6 Å². The quantitative estimate of drug-likeness (QED) is 0.566. The van der Waals surface area contributed by atoms with E-state index in [1.807, 2.05) is 49.6 Å². The van der Waals surface area contributed by atoms with Crippen molar-refractivity contribution in [2.24, 2.45) is 0 Å². The van der Waals surface area contributed by atoms with Crippen LogP contribution < -0.4 is 14.9 Å². The van der Waals surface area contributed by atoms with Crippen LogP contribution in [0.4, 0.5) is 5.82 Å². The molecular formula is C18H18N5O2+. The zero-order valence-corrected chi connectivity index (χ0v) is 14.0. The SMILES string of the molecule is CO[n+]1cccc(CNc2cc(-c3ccco3)nc3c(C)cnn23)c1. The Balaban J connectivity index is 1.70. The molecule has 0 radical (unpaired) electrons. The van der Waals surface area contributed by atoms with E-state index in [0.29, 0.717) is 6.54 Å². The maximum Gasteiger partial charge on any atom is 0.227 e. The minimum atomic E-state index is 0.625. The van der Waals surface area contributed by atoms with Crippen LogP contribution >= 0.6 is 0 Å². The van der Waals surface area contributed by atoms with Crippen LogP contribution in [0.5, 0.6) is 0 Å². The summed E-state index contributed by atoms with van der Waals surface area (Å²) in [4.78, 5) is 9.86. The van der Waals surface area contributed by atoms with E-state index in [4.69, 9.17) is 9.25 Å². The average molecular weight is 336 g/mol. The highest BCUT2D eigenvalue weighted by Crippen LogP contribution is 2.24. The number of nitrogens with zero attached hydrogens (tertiary/aromatic N) is 4. The van der Waals surface area contributed by atoms with E-state index < -0.39 is 0 Å². The van der Waals surface area contributed by atoms with Gasteiger partial charge in [0.2, 0.25) is 12.4 Å². The molecule has 1 N–H and O–H groups in total. The predicted molar refractivity (Wildman–Crippen MR) is 91.9 cm³/mol. The van der Waals surface area contributed by atoms with Crippen LogP contribution in [0.25, 0.3) is 17.1 Å². The van der Waals surface area contributed by atoms with Crippen molar-refractivity contribution in [1.29, 1.82) is 0 Å². The summed E-state index contributed by atoms with van der Waals surface area (Å²) in [5, 5.41) is 7.84. The molecule has 0 aromatic carbocycles. The van der Waals surface area contributed by atoms with Gasteiger partial charge in [0.25, 0.3) is 0 Å². The lowest BCUT2D eigenvalue weighted by atomic mass is 10.2. The summed E-state index contributed by atoms with van der Waals surface area (Å²) in [5.74, 6) is 1.57. The number of pyridine rings is 1. The van der Waals surface area contributed by atoms with Gasteiger partial charge in [-0.25, -0.2) is 4.98 Å². The maximum atomic E-state index is 5.49. The highest BCUT2D eigenvalue weighted by atomic mass is 16.6. The van der Waals surface area contributed by atoms with Crippen molar-refractivity contribution in [3.05, 3.63) is 66.3 Å². The van der Waals surface area contributed by atoms with Crippen LogP contribution in [-0.2, 0) is 6.54 Å². The van der Waals surface area contributed by atoms with Crippen molar-refractivity contribution in [3.8, 4) is 11.5 Å². The number of fused-ring (bicyclic) bond motifs is 1. The summed E-state index contributed by atoms with van der Waals surface area (Å²) in [5.41, 5.74) is 3.66. The van der Waals surface area contributed by atoms with Crippen LogP contribution in [0, 0.1) is 6.92 Å². The Morgan fingerprint density at radius 2 is 2.24 bits per heavy atom. The van der Waals surface area contributed by atoms with Gasteiger partial charge in [0.15, 0.2) is 11.4 Å². The average Bonchev–Trinajstić information content (AvgIpc) is 3.30. The molecule has 0 aliphatic rings. The Morgan fingerprint density at radius 3 is 3.04 bits per heavy atom. The molecule has 4 heterocycles. The normalized spacial score (nSPS) is 11.0. The summed E-state index contributed by atoms with van der Waals surface area (Å²) in [6.07, 6.45) is 7.22. The summed E-state index contributed by atoms with van der Waals surface area (Å²) in [7, 11) is 1.63. The predicted octanol–water partition coefficient (Wildman–Crippen LogP) is 2.26. The fourth-order valence-electron chi connectivity index (χ4n) is 2.66. The molecule has 0 spiro atoms. The lowest BCUT2D eigenvalue weighted by molar-refractivity contribution is -0.885. The first-order valence-corrected chi connectivity index (χ1v) is 7.92. The molecule has 0 unspecified atom stereocenters. The van der Waals surface area contributed by atoms with E-state index in [-0.39, 0.29) is 0 Å². The van der Waals surface area contributed by atoms with Gasteiger partial charge in [-0.05, 0) is 25.1 Å². The van der Waals surface area contributed by atoms with Crippen molar-refractivity contribution >= 4 is 11.5 Å². The van der Waals surface area contributed by atoms with Gasteiger partial charge in [0.1, 0.15) is 18.6 Å². The van der Waals surface area contributed by atoms with Crippen LogP contribution in [0.2, 0.25) is 0 Å². The largest absolute Gasteiger partial charge is 0.463 e. The molecule has 0 saturated heterocycles. The molecular weight excluding hydrogens is 318 g/mol. The molecule has 4 rings (SSSR count). The van der Waals surface area contributed by atoms with Crippen LogP contribution in [0.1, 0.15) is 11.1 Å². The molecule has 0 bridgehead atoms. The number of furan rings is 1. The van der Waals surface area contributed by atoms with Gasteiger partial charge in [-0.1, -0.05) is 0 Å². The Morgan fingerprint density at radius 1 is 1.32 bits per heavy atom. The first-order chi connectivity index (χ1) is 12.2.